The lowest BCUT2D eigenvalue weighted by Gasteiger charge is -2.23. The Bertz CT molecular complexity index is 480. The number of aryl methyl sites for hydroxylation is 2. The van der Waals surface area contributed by atoms with E-state index in [0.717, 1.165) is 16.9 Å². The molecular weight excluding hydrogens is 270 g/mol. The van der Waals surface area contributed by atoms with Gasteiger partial charge in [0.25, 0.3) is 0 Å². The molecule has 1 aromatic rings. The minimum Gasteiger partial charge on any atom is -0.491 e. The number of amides is 1. The van der Waals surface area contributed by atoms with Crippen molar-refractivity contribution in [3.05, 3.63) is 29.3 Å². The normalized spacial score (nSPS) is 12.7. The van der Waals surface area contributed by atoms with Gasteiger partial charge in [-0.1, -0.05) is 17.7 Å². The Hall–Kier alpha value is -1.75. The van der Waals surface area contributed by atoms with Gasteiger partial charge in [0.1, 0.15) is 18.0 Å². The molecule has 0 radical (unpaired) electrons. The Labute approximate surface area is 126 Å². The van der Waals surface area contributed by atoms with Crippen molar-refractivity contribution >= 4 is 6.09 Å². The van der Waals surface area contributed by atoms with Crippen LogP contribution in [0.3, 0.4) is 0 Å². The third-order valence-corrected chi connectivity index (χ3v) is 2.71. The van der Waals surface area contributed by atoms with Crippen LogP contribution in [0.4, 0.5) is 4.79 Å². The molecule has 0 aliphatic carbocycles. The highest BCUT2D eigenvalue weighted by Crippen LogP contribution is 2.18. The van der Waals surface area contributed by atoms with Crippen molar-refractivity contribution in [3.8, 4) is 5.75 Å². The van der Waals surface area contributed by atoms with Gasteiger partial charge in [-0.25, -0.2) is 4.79 Å². The van der Waals surface area contributed by atoms with E-state index in [0.29, 0.717) is 0 Å². The highest BCUT2D eigenvalue weighted by Gasteiger charge is 2.19. The van der Waals surface area contributed by atoms with Crippen molar-refractivity contribution in [1.29, 1.82) is 0 Å². The summed E-state index contributed by atoms with van der Waals surface area (Å²) in [5, 5.41) is 11.9. The lowest BCUT2D eigenvalue weighted by Crippen LogP contribution is -2.44. The van der Waals surface area contributed by atoms with Crippen LogP contribution in [-0.4, -0.2) is 36.1 Å². The number of carbonyl (C=O) groups is 1. The molecular formula is C16H25NO4. The summed E-state index contributed by atoms with van der Waals surface area (Å²) in [4.78, 5) is 11.7. The zero-order chi connectivity index (χ0) is 16.0. The van der Waals surface area contributed by atoms with Crippen LogP contribution in [0.1, 0.15) is 31.9 Å². The summed E-state index contributed by atoms with van der Waals surface area (Å²) < 4.78 is 10.8. The molecule has 0 saturated heterocycles. The highest BCUT2D eigenvalue weighted by molar-refractivity contribution is 5.68. The fourth-order valence-electron chi connectivity index (χ4n) is 1.77. The van der Waals surface area contributed by atoms with Gasteiger partial charge in [-0.2, -0.15) is 0 Å². The van der Waals surface area contributed by atoms with Crippen molar-refractivity contribution in [2.45, 2.75) is 46.3 Å². The van der Waals surface area contributed by atoms with Gasteiger partial charge < -0.3 is 19.9 Å². The Morgan fingerprint density at radius 3 is 2.52 bits per heavy atom. The molecule has 0 saturated carbocycles. The predicted octanol–water partition coefficient (Wildman–Crippen LogP) is 2.57. The number of aliphatic hydroxyl groups excluding tert-OH is 1. The smallest absolute Gasteiger partial charge is 0.408 e. The fourth-order valence-corrected chi connectivity index (χ4v) is 1.77. The zero-order valence-corrected chi connectivity index (χ0v) is 13.4. The van der Waals surface area contributed by atoms with Gasteiger partial charge in [-0.3, -0.25) is 0 Å². The van der Waals surface area contributed by atoms with Gasteiger partial charge in [-0.15, -0.1) is 0 Å². The zero-order valence-electron chi connectivity index (χ0n) is 13.4. The molecule has 0 unspecified atom stereocenters. The molecule has 1 amide bonds. The Morgan fingerprint density at radius 1 is 1.33 bits per heavy atom. The van der Waals surface area contributed by atoms with E-state index < -0.39 is 17.7 Å². The number of alkyl carbamates (subject to hydrolysis) is 1. The lowest BCUT2D eigenvalue weighted by molar-refractivity contribution is 0.0458. The van der Waals surface area contributed by atoms with E-state index in [1.165, 1.54) is 0 Å². The van der Waals surface area contributed by atoms with E-state index in [-0.39, 0.29) is 13.2 Å². The fraction of sp³-hybridized carbons (Fsp3) is 0.562. The second-order valence-corrected chi connectivity index (χ2v) is 6.11. The van der Waals surface area contributed by atoms with Crippen molar-refractivity contribution in [3.63, 3.8) is 0 Å². The Kier molecular flexibility index (Phi) is 6.03. The van der Waals surface area contributed by atoms with Crippen molar-refractivity contribution in [1.82, 2.24) is 5.32 Å². The van der Waals surface area contributed by atoms with Crippen molar-refractivity contribution in [2.75, 3.05) is 13.2 Å². The van der Waals surface area contributed by atoms with Gasteiger partial charge in [0.2, 0.25) is 0 Å². The maximum absolute atomic E-state index is 11.7. The van der Waals surface area contributed by atoms with Gasteiger partial charge >= 0.3 is 6.09 Å². The summed E-state index contributed by atoms with van der Waals surface area (Å²) in [5.41, 5.74) is 1.60. The molecule has 1 aromatic carbocycles. The maximum atomic E-state index is 11.7. The van der Waals surface area contributed by atoms with E-state index in [1.54, 1.807) is 20.8 Å². The molecule has 118 valence electrons. The molecule has 0 aliphatic heterocycles. The largest absolute Gasteiger partial charge is 0.491 e. The lowest BCUT2D eigenvalue weighted by atomic mass is 10.1. The standard InChI is InChI=1S/C16H25NO4/c1-11-6-7-14(12(2)8-11)20-10-13(9-18)17-15(19)21-16(3,4)5/h6-8,13,18H,9-10H2,1-5H3,(H,17,19)/t13-/m1/s1. The summed E-state index contributed by atoms with van der Waals surface area (Å²) in [6, 6.07) is 5.34. The molecule has 0 spiro atoms. The van der Waals surface area contributed by atoms with Crippen LogP contribution < -0.4 is 10.1 Å². The monoisotopic (exact) mass is 295 g/mol. The summed E-state index contributed by atoms with van der Waals surface area (Å²) in [6.07, 6.45) is -0.564. The summed E-state index contributed by atoms with van der Waals surface area (Å²) in [6.45, 7) is 9.28. The van der Waals surface area contributed by atoms with Crippen LogP contribution in [0.25, 0.3) is 0 Å². The van der Waals surface area contributed by atoms with Crippen LogP contribution in [0, 0.1) is 13.8 Å². The van der Waals surface area contributed by atoms with E-state index in [9.17, 15) is 9.90 Å². The first-order chi connectivity index (χ1) is 9.71. The first-order valence-corrected chi connectivity index (χ1v) is 7.01. The second-order valence-electron chi connectivity index (χ2n) is 6.11. The van der Waals surface area contributed by atoms with Crippen molar-refractivity contribution in [2.24, 2.45) is 0 Å². The molecule has 0 aromatic heterocycles. The molecule has 0 fully saturated rings. The number of aliphatic hydroxyl groups is 1. The topological polar surface area (TPSA) is 67.8 Å². The minimum absolute atomic E-state index is 0.180. The second kappa shape index (κ2) is 7.31. The number of rotatable bonds is 5. The van der Waals surface area contributed by atoms with Gasteiger partial charge in [0.15, 0.2) is 0 Å². The molecule has 1 atom stereocenters. The number of nitrogens with one attached hydrogen (secondary N) is 1. The van der Waals surface area contributed by atoms with Crippen LogP contribution >= 0.6 is 0 Å². The molecule has 0 bridgehead atoms. The van der Waals surface area contributed by atoms with Crippen LogP contribution in [0.2, 0.25) is 0 Å². The Morgan fingerprint density at radius 2 is 2.00 bits per heavy atom. The van der Waals surface area contributed by atoms with Gasteiger partial charge in [-0.05, 0) is 46.2 Å². The van der Waals surface area contributed by atoms with Crippen LogP contribution in [0.5, 0.6) is 5.75 Å². The van der Waals surface area contributed by atoms with E-state index >= 15 is 0 Å². The van der Waals surface area contributed by atoms with Gasteiger partial charge in [0, 0.05) is 0 Å². The number of carbonyl (C=O) groups excluding carboxylic acids is 1. The minimum atomic E-state index is -0.571. The third-order valence-electron chi connectivity index (χ3n) is 2.71. The number of benzene rings is 1. The highest BCUT2D eigenvalue weighted by atomic mass is 16.6. The molecule has 21 heavy (non-hydrogen) atoms. The van der Waals surface area contributed by atoms with E-state index in [4.69, 9.17) is 9.47 Å². The third kappa shape index (κ3) is 6.49. The molecule has 5 nitrogen and oxygen atoms in total. The van der Waals surface area contributed by atoms with Crippen LogP contribution in [0.15, 0.2) is 18.2 Å². The summed E-state index contributed by atoms with van der Waals surface area (Å²) >= 11 is 0. The van der Waals surface area contributed by atoms with Crippen molar-refractivity contribution < 1.29 is 19.4 Å². The molecule has 1 rings (SSSR count). The van der Waals surface area contributed by atoms with E-state index in [2.05, 4.69) is 5.32 Å². The van der Waals surface area contributed by atoms with E-state index in [1.807, 2.05) is 32.0 Å². The molecule has 0 heterocycles. The Balaban J connectivity index is 2.53. The average molecular weight is 295 g/mol. The number of ether oxygens (including phenoxy) is 2. The summed E-state index contributed by atoms with van der Waals surface area (Å²) in [7, 11) is 0. The summed E-state index contributed by atoms with van der Waals surface area (Å²) in [5.74, 6) is 0.741. The van der Waals surface area contributed by atoms with Crippen LogP contribution in [-0.2, 0) is 4.74 Å². The molecule has 2 N–H and O–H groups in total. The molecule has 5 heteroatoms. The molecule has 0 aliphatic rings. The first kappa shape index (κ1) is 17.3. The number of hydrogen-bond donors (Lipinski definition) is 2. The predicted molar refractivity (Wildman–Crippen MR) is 81.7 cm³/mol. The average Bonchev–Trinajstić information content (AvgIpc) is 2.33. The number of hydrogen-bond acceptors (Lipinski definition) is 4. The van der Waals surface area contributed by atoms with Gasteiger partial charge in [0.05, 0.1) is 12.6 Å². The maximum Gasteiger partial charge on any atom is 0.408 e. The quantitative estimate of drug-likeness (QED) is 0.876. The SMILES string of the molecule is Cc1ccc(OC[C@@H](CO)NC(=O)OC(C)(C)C)c(C)c1. The first-order valence-electron chi connectivity index (χ1n) is 7.01.